The van der Waals surface area contributed by atoms with Gasteiger partial charge in [-0.25, -0.2) is 0 Å². The van der Waals surface area contributed by atoms with Crippen LogP contribution in [0.4, 0.5) is 30.7 Å². The number of methoxy groups -OCH3 is 2. The molecule has 0 aliphatic rings. The largest absolute Gasteiger partial charge is 0.496 e. The van der Waals surface area contributed by atoms with E-state index in [0.29, 0.717) is 20.6 Å². The first-order valence-electron chi connectivity index (χ1n) is 7.22. The van der Waals surface area contributed by atoms with Gasteiger partial charge in [-0.15, -0.1) is 0 Å². The summed E-state index contributed by atoms with van der Waals surface area (Å²) in [6, 6.07) is 1.83. The Labute approximate surface area is 163 Å². The summed E-state index contributed by atoms with van der Waals surface area (Å²) in [7, 11) is 2.70. The number of hydrogen-bond acceptors (Lipinski definition) is 3. The molecule has 0 aliphatic heterocycles. The molecule has 4 nitrogen and oxygen atoms in total. The molecule has 1 unspecified atom stereocenters. The van der Waals surface area contributed by atoms with Gasteiger partial charge in [0, 0.05) is 6.04 Å². The number of rotatable bonds is 7. The normalized spacial score (nSPS) is 13.9. The second kappa shape index (κ2) is 8.27. The first kappa shape index (κ1) is 23.6. The Bertz CT molecular complexity index is 695. The average molecular weight is 517 g/mol. The van der Waals surface area contributed by atoms with Crippen LogP contribution < -0.4 is 14.8 Å². The number of hydrogen-bond donors (Lipinski definition) is 1. The van der Waals surface area contributed by atoms with Crippen molar-refractivity contribution in [1.82, 2.24) is 5.32 Å². The zero-order chi connectivity index (χ0) is 21.2. The van der Waals surface area contributed by atoms with Gasteiger partial charge in [-0.1, -0.05) is 0 Å². The van der Waals surface area contributed by atoms with Crippen molar-refractivity contribution in [2.24, 2.45) is 0 Å². The summed E-state index contributed by atoms with van der Waals surface area (Å²) in [6.07, 6.45) is -6.76. The second-order valence-corrected chi connectivity index (χ2v) is 6.69. The molecule has 1 N–H and O–H groups in total. The van der Waals surface area contributed by atoms with Crippen molar-refractivity contribution in [3.05, 3.63) is 21.3 Å². The van der Waals surface area contributed by atoms with Crippen LogP contribution in [0, 0.1) is 3.57 Å². The summed E-state index contributed by atoms with van der Waals surface area (Å²) in [5, 5.41) is 1.48. The first-order valence-corrected chi connectivity index (χ1v) is 8.30. The third-order valence-electron chi connectivity index (χ3n) is 3.49. The molecule has 0 aliphatic carbocycles. The highest BCUT2D eigenvalue weighted by molar-refractivity contribution is 14.1. The predicted molar refractivity (Wildman–Crippen MR) is 89.5 cm³/mol. The van der Waals surface area contributed by atoms with Crippen LogP contribution in [-0.4, -0.2) is 44.2 Å². The molecule has 27 heavy (non-hydrogen) atoms. The van der Waals surface area contributed by atoms with Crippen molar-refractivity contribution >= 4 is 28.5 Å². The Morgan fingerprint density at radius 3 is 2.04 bits per heavy atom. The summed E-state index contributed by atoms with van der Waals surface area (Å²) < 4.78 is 99.9. The minimum atomic E-state index is -6.58. The fraction of sp³-hybridized carbons (Fsp3) is 0.533. The van der Waals surface area contributed by atoms with Crippen LogP contribution in [0.1, 0.15) is 12.5 Å². The smallest absolute Gasteiger partial charge is 0.460 e. The first-order chi connectivity index (χ1) is 12.2. The Morgan fingerprint density at radius 2 is 1.59 bits per heavy atom. The van der Waals surface area contributed by atoms with Gasteiger partial charge in [0.25, 0.3) is 5.91 Å². The van der Waals surface area contributed by atoms with Gasteiger partial charge in [0.15, 0.2) is 0 Å². The lowest BCUT2D eigenvalue weighted by molar-refractivity contribution is -0.344. The van der Waals surface area contributed by atoms with Crippen molar-refractivity contribution in [3.63, 3.8) is 0 Å². The minimum Gasteiger partial charge on any atom is -0.496 e. The number of carbonyl (C=O) groups excluding carboxylic acids is 1. The maximum absolute atomic E-state index is 13.4. The molecule has 0 radical (unpaired) electrons. The third-order valence-corrected chi connectivity index (χ3v) is 4.34. The topological polar surface area (TPSA) is 47.6 Å². The van der Waals surface area contributed by atoms with Crippen molar-refractivity contribution < 1.29 is 45.0 Å². The highest BCUT2D eigenvalue weighted by atomic mass is 127. The van der Waals surface area contributed by atoms with E-state index in [0.717, 1.165) is 0 Å². The van der Waals surface area contributed by atoms with Crippen LogP contribution in [0.3, 0.4) is 0 Å². The van der Waals surface area contributed by atoms with Crippen LogP contribution in [0.25, 0.3) is 0 Å². The molecule has 0 spiro atoms. The zero-order valence-corrected chi connectivity index (χ0v) is 16.3. The molecule has 0 fully saturated rings. The van der Waals surface area contributed by atoms with Crippen molar-refractivity contribution in [2.75, 3.05) is 14.2 Å². The van der Waals surface area contributed by atoms with Gasteiger partial charge < -0.3 is 14.8 Å². The van der Waals surface area contributed by atoms with Gasteiger partial charge in [-0.2, -0.15) is 30.7 Å². The molecule has 0 saturated carbocycles. The highest BCUT2D eigenvalue weighted by Gasteiger charge is 2.76. The van der Waals surface area contributed by atoms with E-state index in [9.17, 15) is 35.5 Å². The molecule has 1 aromatic carbocycles. The number of alkyl halides is 7. The van der Waals surface area contributed by atoms with Gasteiger partial charge in [0.05, 0.1) is 17.8 Å². The highest BCUT2D eigenvalue weighted by Crippen LogP contribution is 2.46. The van der Waals surface area contributed by atoms with E-state index < -0.39 is 30.0 Å². The lowest BCUT2D eigenvalue weighted by Gasteiger charge is -2.28. The van der Waals surface area contributed by atoms with Crippen LogP contribution in [-0.2, 0) is 11.2 Å². The van der Waals surface area contributed by atoms with Crippen LogP contribution in [0.5, 0.6) is 11.5 Å². The summed E-state index contributed by atoms with van der Waals surface area (Å²) in [5.41, 5.74) is 0.369. The Balaban J connectivity index is 3.00. The minimum absolute atomic E-state index is 0.185. The van der Waals surface area contributed by atoms with E-state index in [1.807, 2.05) is 22.6 Å². The van der Waals surface area contributed by atoms with Gasteiger partial charge in [-0.3, -0.25) is 4.79 Å². The second-order valence-electron chi connectivity index (χ2n) is 5.52. The van der Waals surface area contributed by atoms with E-state index in [1.54, 1.807) is 6.07 Å². The Hall–Kier alpha value is -1.47. The van der Waals surface area contributed by atoms with Crippen molar-refractivity contribution in [3.8, 4) is 11.5 Å². The van der Waals surface area contributed by atoms with E-state index >= 15 is 0 Å². The van der Waals surface area contributed by atoms with Crippen LogP contribution >= 0.6 is 22.6 Å². The molecule has 0 aromatic heterocycles. The fourth-order valence-electron chi connectivity index (χ4n) is 2.10. The molecule has 1 amide bonds. The molecule has 1 rings (SSSR count). The number of benzene rings is 1. The summed E-state index contributed by atoms with van der Waals surface area (Å²) >= 11 is 1.94. The van der Waals surface area contributed by atoms with Crippen LogP contribution in [0.2, 0.25) is 0 Å². The quantitative estimate of drug-likeness (QED) is 0.436. The number of carbonyl (C=O) groups is 1. The van der Waals surface area contributed by atoms with Gasteiger partial charge in [0.1, 0.15) is 11.5 Å². The lowest BCUT2D eigenvalue weighted by Crippen LogP contribution is -2.60. The summed E-state index contributed by atoms with van der Waals surface area (Å²) in [6.45, 7) is 1.17. The van der Waals surface area contributed by atoms with E-state index in [2.05, 4.69) is 0 Å². The molecule has 0 bridgehead atoms. The molecular formula is C15H15F7INO3. The Kier molecular flexibility index (Phi) is 7.22. The third kappa shape index (κ3) is 4.88. The maximum atomic E-state index is 13.4. The SMILES string of the molecule is COc1cc(CC(C)NC(=O)C(F)(F)C(F)(F)C(F)(F)F)c(OC)cc1I. The lowest BCUT2D eigenvalue weighted by atomic mass is 10.0. The van der Waals surface area contributed by atoms with E-state index in [1.165, 1.54) is 32.5 Å². The Morgan fingerprint density at radius 1 is 1.07 bits per heavy atom. The van der Waals surface area contributed by atoms with Crippen LogP contribution in [0.15, 0.2) is 12.1 Å². The number of ether oxygens (including phenoxy) is 2. The monoisotopic (exact) mass is 517 g/mol. The average Bonchev–Trinajstić information content (AvgIpc) is 2.54. The standard InChI is InChI=1S/C15H15F7INO3/c1-7(4-8-5-11(27-3)9(23)6-10(8)26-2)24-12(25)13(16,17)14(18,19)15(20,21)22/h5-7H,4H2,1-3H3,(H,24,25). The molecule has 1 aromatic rings. The molecule has 0 saturated heterocycles. The van der Waals surface area contributed by atoms with E-state index in [4.69, 9.17) is 9.47 Å². The van der Waals surface area contributed by atoms with Gasteiger partial charge in [-0.05, 0) is 53.6 Å². The maximum Gasteiger partial charge on any atom is 0.460 e. The molecule has 1 atom stereocenters. The predicted octanol–water partition coefficient (Wildman–Crippen LogP) is 4.19. The molecule has 154 valence electrons. The van der Waals surface area contributed by atoms with Crippen molar-refractivity contribution in [1.29, 1.82) is 0 Å². The molecular weight excluding hydrogens is 502 g/mol. The number of amides is 1. The van der Waals surface area contributed by atoms with Gasteiger partial charge >= 0.3 is 18.0 Å². The van der Waals surface area contributed by atoms with Crippen molar-refractivity contribution in [2.45, 2.75) is 37.4 Å². The molecule has 0 heterocycles. The van der Waals surface area contributed by atoms with Gasteiger partial charge in [0.2, 0.25) is 0 Å². The van der Waals surface area contributed by atoms with E-state index in [-0.39, 0.29) is 6.42 Å². The summed E-state index contributed by atoms with van der Waals surface area (Å²) in [4.78, 5) is 11.4. The number of nitrogens with one attached hydrogen (secondary N) is 1. The molecule has 12 heteroatoms. The summed E-state index contributed by atoms with van der Waals surface area (Å²) in [5.74, 6) is -14.5. The fourth-order valence-corrected chi connectivity index (χ4v) is 2.76. The zero-order valence-electron chi connectivity index (χ0n) is 14.2. The number of halogens is 8.